The monoisotopic (exact) mass is 262 g/mol. The third-order valence-corrected chi connectivity index (χ3v) is 3.33. The van der Waals surface area contributed by atoms with Gasteiger partial charge in [-0.2, -0.15) is 0 Å². The van der Waals surface area contributed by atoms with Crippen molar-refractivity contribution < 1.29 is 14.7 Å². The molecule has 0 saturated carbocycles. The molecule has 1 aliphatic heterocycles. The van der Waals surface area contributed by atoms with Gasteiger partial charge in [0.05, 0.1) is 6.42 Å². The van der Waals surface area contributed by atoms with E-state index in [1.54, 1.807) is 6.07 Å². The summed E-state index contributed by atoms with van der Waals surface area (Å²) in [5, 5.41) is 14.8. The number of carbonyl (C=O) groups is 2. The van der Waals surface area contributed by atoms with Crippen LogP contribution in [0, 0.1) is 0 Å². The van der Waals surface area contributed by atoms with Crippen LogP contribution in [-0.2, 0) is 11.2 Å². The molecule has 1 amide bonds. The van der Waals surface area contributed by atoms with Crippen LogP contribution in [0.4, 0.5) is 5.69 Å². The van der Waals surface area contributed by atoms with Gasteiger partial charge in [0.15, 0.2) is 0 Å². The van der Waals surface area contributed by atoms with Gasteiger partial charge in [0.2, 0.25) is 0 Å². The van der Waals surface area contributed by atoms with Crippen molar-refractivity contribution in [3.8, 4) is 0 Å². The molecule has 1 aromatic carbocycles. The molecular weight excluding hydrogens is 244 g/mol. The number of rotatable bonds is 5. The average molecular weight is 262 g/mol. The molecule has 0 spiro atoms. The van der Waals surface area contributed by atoms with Crippen molar-refractivity contribution in [1.82, 2.24) is 5.32 Å². The predicted molar refractivity (Wildman–Crippen MR) is 72.4 cm³/mol. The summed E-state index contributed by atoms with van der Waals surface area (Å²) in [6.45, 7) is 2.76. The molecule has 0 fully saturated rings. The van der Waals surface area contributed by atoms with Crippen LogP contribution in [0.2, 0.25) is 0 Å². The maximum atomic E-state index is 12.1. The zero-order valence-corrected chi connectivity index (χ0v) is 10.9. The highest BCUT2D eigenvalue weighted by atomic mass is 16.4. The molecule has 5 heteroatoms. The van der Waals surface area contributed by atoms with Gasteiger partial charge >= 0.3 is 5.97 Å². The fraction of sp³-hybridized carbons (Fsp3) is 0.429. The molecule has 102 valence electrons. The maximum Gasteiger partial charge on any atom is 0.305 e. The number of nitrogens with one attached hydrogen (secondary N) is 2. The van der Waals surface area contributed by atoms with Crippen molar-refractivity contribution in [3.63, 3.8) is 0 Å². The molecule has 2 rings (SSSR count). The lowest BCUT2D eigenvalue weighted by Crippen LogP contribution is -2.36. The lowest BCUT2D eigenvalue weighted by Gasteiger charge is -2.15. The van der Waals surface area contributed by atoms with Crippen LogP contribution in [0.15, 0.2) is 18.2 Å². The number of carboxylic acid groups (broad SMARTS) is 1. The van der Waals surface area contributed by atoms with Gasteiger partial charge in [-0.1, -0.05) is 6.92 Å². The minimum Gasteiger partial charge on any atom is -0.481 e. The number of hydrogen-bond donors (Lipinski definition) is 3. The SMILES string of the molecule is CCC(CC(=O)O)NC(=O)c1ccc2c(c1)CCN2. The summed E-state index contributed by atoms with van der Waals surface area (Å²) < 4.78 is 0. The van der Waals surface area contributed by atoms with Gasteiger partial charge in [0.25, 0.3) is 5.91 Å². The normalized spacial score (nSPS) is 14.4. The van der Waals surface area contributed by atoms with Gasteiger partial charge in [0.1, 0.15) is 0 Å². The summed E-state index contributed by atoms with van der Waals surface area (Å²) >= 11 is 0. The molecule has 0 aromatic heterocycles. The van der Waals surface area contributed by atoms with E-state index in [-0.39, 0.29) is 18.4 Å². The van der Waals surface area contributed by atoms with E-state index in [9.17, 15) is 9.59 Å². The number of anilines is 1. The molecule has 1 atom stereocenters. The van der Waals surface area contributed by atoms with E-state index in [0.717, 1.165) is 24.2 Å². The van der Waals surface area contributed by atoms with Crippen LogP contribution in [0.1, 0.15) is 35.7 Å². The molecule has 0 saturated heterocycles. The van der Waals surface area contributed by atoms with Crippen LogP contribution >= 0.6 is 0 Å². The molecule has 1 aliphatic rings. The smallest absolute Gasteiger partial charge is 0.305 e. The predicted octanol–water partition coefficient (Wildman–Crippen LogP) is 1.64. The van der Waals surface area contributed by atoms with Crippen LogP contribution in [0.25, 0.3) is 0 Å². The Bertz CT molecular complexity index is 499. The Morgan fingerprint density at radius 1 is 1.47 bits per heavy atom. The highest BCUT2D eigenvalue weighted by molar-refractivity contribution is 5.95. The number of carboxylic acids is 1. The lowest BCUT2D eigenvalue weighted by molar-refractivity contribution is -0.137. The zero-order chi connectivity index (χ0) is 13.8. The number of aliphatic carboxylic acids is 1. The number of amides is 1. The third kappa shape index (κ3) is 3.24. The second kappa shape index (κ2) is 5.73. The highest BCUT2D eigenvalue weighted by Crippen LogP contribution is 2.23. The second-order valence-electron chi connectivity index (χ2n) is 4.73. The first-order valence-electron chi connectivity index (χ1n) is 6.49. The fourth-order valence-corrected chi connectivity index (χ4v) is 2.22. The largest absolute Gasteiger partial charge is 0.481 e. The summed E-state index contributed by atoms with van der Waals surface area (Å²) in [6, 6.07) is 5.21. The summed E-state index contributed by atoms with van der Waals surface area (Å²) in [7, 11) is 0. The first-order chi connectivity index (χ1) is 9.10. The Kier molecular flexibility index (Phi) is 4.04. The Balaban J connectivity index is 2.05. The minimum absolute atomic E-state index is 0.0469. The molecule has 3 N–H and O–H groups in total. The van der Waals surface area contributed by atoms with E-state index in [1.807, 2.05) is 19.1 Å². The zero-order valence-electron chi connectivity index (χ0n) is 10.9. The third-order valence-electron chi connectivity index (χ3n) is 3.33. The van der Waals surface area contributed by atoms with Crippen LogP contribution in [0.3, 0.4) is 0 Å². The van der Waals surface area contributed by atoms with E-state index in [1.165, 1.54) is 0 Å². The van der Waals surface area contributed by atoms with Crippen molar-refractivity contribution >= 4 is 17.6 Å². The minimum atomic E-state index is -0.898. The van der Waals surface area contributed by atoms with E-state index in [4.69, 9.17) is 5.11 Å². The van der Waals surface area contributed by atoms with Crippen molar-refractivity contribution in [2.24, 2.45) is 0 Å². The molecule has 0 bridgehead atoms. The Morgan fingerprint density at radius 2 is 2.26 bits per heavy atom. The van der Waals surface area contributed by atoms with Crippen molar-refractivity contribution in [2.45, 2.75) is 32.2 Å². The van der Waals surface area contributed by atoms with Crippen LogP contribution in [-0.4, -0.2) is 29.6 Å². The fourth-order valence-electron chi connectivity index (χ4n) is 2.22. The second-order valence-corrected chi connectivity index (χ2v) is 4.73. The first kappa shape index (κ1) is 13.4. The van der Waals surface area contributed by atoms with Crippen molar-refractivity contribution in [3.05, 3.63) is 29.3 Å². The lowest BCUT2D eigenvalue weighted by atomic mass is 10.1. The summed E-state index contributed by atoms with van der Waals surface area (Å²) in [6.07, 6.45) is 1.47. The summed E-state index contributed by atoms with van der Waals surface area (Å²) in [5.41, 5.74) is 2.80. The molecule has 0 radical (unpaired) electrons. The quantitative estimate of drug-likeness (QED) is 0.753. The Hall–Kier alpha value is -2.04. The van der Waals surface area contributed by atoms with Gasteiger partial charge < -0.3 is 15.7 Å². The van der Waals surface area contributed by atoms with Crippen LogP contribution in [0.5, 0.6) is 0 Å². The highest BCUT2D eigenvalue weighted by Gasteiger charge is 2.17. The van der Waals surface area contributed by atoms with Gasteiger partial charge in [-0.15, -0.1) is 0 Å². The maximum absolute atomic E-state index is 12.1. The molecule has 19 heavy (non-hydrogen) atoms. The topological polar surface area (TPSA) is 78.4 Å². The Labute approximate surface area is 112 Å². The van der Waals surface area contributed by atoms with Crippen LogP contribution < -0.4 is 10.6 Å². The first-order valence-corrected chi connectivity index (χ1v) is 6.49. The van der Waals surface area contributed by atoms with Crippen molar-refractivity contribution in [1.29, 1.82) is 0 Å². The number of hydrogen-bond acceptors (Lipinski definition) is 3. The number of carbonyl (C=O) groups excluding carboxylic acids is 1. The molecular formula is C14H18N2O3. The summed E-state index contributed by atoms with van der Waals surface area (Å²) in [4.78, 5) is 22.8. The average Bonchev–Trinajstić information content (AvgIpc) is 2.84. The molecule has 0 aliphatic carbocycles. The van der Waals surface area contributed by atoms with E-state index < -0.39 is 5.97 Å². The van der Waals surface area contributed by atoms with E-state index in [2.05, 4.69) is 10.6 Å². The van der Waals surface area contributed by atoms with Gasteiger partial charge in [-0.3, -0.25) is 9.59 Å². The van der Waals surface area contributed by atoms with Gasteiger partial charge in [0, 0.05) is 23.8 Å². The summed E-state index contributed by atoms with van der Waals surface area (Å²) in [5.74, 6) is -1.10. The Morgan fingerprint density at radius 3 is 2.95 bits per heavy atom. The standard InChI is InChI=1S/C14H18N2O3/c1-2-11(8-13(17)18)16-14(19)10-3-4-12-9(7-10)5-6-15-12/h3-4,7,11,15H,2,5-6,8H2,1H3,(H,16,19)(H,17,18). The molecule has 1 aromatic rings. The van der Waals surface area contributed by atoms with E-state index in [0.29, 0.717) is 12.0 Å². The number of fused-ring (bicyclic) bond motifs is 1. The van der Waals surface area contributed by atoms with Crippen molar-refractivity contribution in [2.75, 3.05) is 11.9 Å². The van der Waals surface area contributed by atoms with E-state index >= 15 is 0 Å². The molecule has 5 nitrogen and oxygen atoms in total. The van der Waals surface area contributed by atoms with Gasteiger partial charge in [-0.05, 0) is 36.6 Å². The number of benzene rings is 1. The molecule has 1 unspecified atom stereocenters. The molecule has 1 heterocycles. The van der Waals surface area contributed by atoms with Gasteiger partial charge in [-0.25, -0.2) is 0 Å².